The molecule has 0 heterocycles. The molecule has 0 aliphatic rings. The van der Waals surface area contributed by atoms with E-state index in [1.54, 1.807) is 14.0 Å². The van der Waals surface area contributed by atoms with Crippen LogP contribution >= 0.6 is 0 Å². The van der Waals surface area contributed by atoms with Gasteiger partial charge in [-0.05, 0) is 44.4 Å². The van der Waals surface area contributed by atoms with Crippen LogP contribution in [0.5, 0.6) is 5.75 Å². The summed E-state index contributed by atoms with van der Waals surface area (Å²) in [6.45, 7) is 3.87. The number of ether oxygens (including phenoxy) is 1. The number of methoxy groups -OCH3 is 1. The van der Waals surface area contributed by atoms with Gasteiger partial charge in [-0.15, -0.1) is 0 Å². The average molecular weight is 267 g/mol. The Morgan fingerprint density at radius 2 is 1.95 bits per heavy atom. The molecule has 0 fully saturated rings. The van der Waals surface area contributed by atoms with Crippen molar-refractivity contribution in [3.8, 4) is 5.75 Å². The molecule has 1 aromatic carbocycles. The van der Waals surface area contributed by atoms with E-state index in [4.69, 9.17) is 9.84 Å². The Hall–Kier alpha value is -1.10. The lowest BCUT2D eigenvalue weighted by atomic mass is 10.0. The van der Waals surface area contributed by atoms with E-state index in [-0.39, 0.29) is 6.61 Å². The van der Waals surface area contributed by atoms with Gasteiger partial charge in [-0.3, -0.25) is 0 Å². The molecule has 0 saturated heterocycles. The van der Waals surface area contributed by atoms with Crippen LogP contribution < -0.4 is 10.1 Å². The Bertz CT molecular complexity index is 362. The van der Waals surface area contributed by atoms with Crippen LogP contribution in [0.1, 0.15) is 25.8 Å². The number of aryl methyl sites for hydroxylation is 1. The minimum atomic E-state index is -1.05. The topological polar surface area (TPSA) is 61.7 Å². The first-order valence-electron chi connectivity index (χ1n) is 6.66. The lowest BCUT2D eigenvalue weighted by Crippen LogP contribution is -2.44. The lowest BCUT2D eigenvalue weighted by molar-refractivity contribution is 0.000954. The van der Waals surface area contributed by atoms with Crippen molar-refractivity contribution in [3.63, 3.8) is 0 Å². The number of aliphatic hydroxyl groups is 2. The van der Waals surface area contributed by atoms with Gasteiger partial charge in [-0.2, -0.15) is 0 Å². The van der Waals surface area contributed by atoms with E-state index in [0.717, 1.165) is 18.6 Å². The summed E-state index contributed by atoms with van der Waals surface area (Å²) in [6.07, 6.45) is 1.95. The minimum Gasteiger partial charge on any atom is -0.497 e. The van der Waals surface area contributed by atoms with Crippen LogP contribution in [0.25, 0.3) is 0 Å². The van der Waals surface area contributed by atoms with Crippen LogP contribution in [0.4, 0.5) is 0 Å². The summed E-state index contributed by atoms with van der Waals surface area (Å²) < 4.78 is 5.12. The molecule has 0 aliphatic carbocycles. The second-order valence-electron chi connectivity index (χ2n) is 5.32. The van der Waals surface area contributed by atoms with Gasteiger partial charge in [0.25, 0.3) is 0 Å². The van der Waals surface area contributed by atoms with Gasteiger partial charge >= 0.3 is 0 Å². The third kappa shape index (κ3) is 6.05. The van der Waals surface area contributed by atoms with Crippen molar-refractivity contribution in [3.05, 3.63) is 29.8 Å². The van der Waals surface area contributed by atoms with Crippen LogP contribution in [0, 0.1) is 0 Å². The standard InChI is InChI=1S/C15H25NO3/c1-12(16-10-15(2,18)11-17)4-5-13-6-8-14(19-3)9-7-13/h6-9,12,16-18H,4-5,10-11H2,1-3H3. The molecule has 2 atom stereocenters. The third-order valence-corrected chi connectivity index (χ3v) is 3.20. The molecule has 1 aromatic rings. The van der Waals surface area contributed by atoms with E-state index >= 15 is 0 Å². The monoisotopic (exact) mass is 267 g/mol. The second kappa shape index (κ2) is 7.48. The molecule has 0 radical (unpaired) electrons. The van der Waals surface area contributed by atoms with E-state index in [0.29, 0.717) is 12.6 Å². The predicted octanol–water partition coefficient (Wildman–Crippen LogP) is 1.35. The zero-order valence-electron chi connectivity index (χ0n) is 12.0. The number of hydrogen-bond donors (Lipinski definition) is 3. The Morgan fingerprint density at radius 1 is 1.32 bits per heavy atom. The lowest BCUT2D eigenvalue weighted by Gasteiger charge is -2.23. The summed E-state index contributed by atoms with van der Waals surface area (Å²) >= 11 is 0. The molecular formula is C15H25NO3. The molecule has 0 spiro atoms. The second-order valence-corrected chi connectivity index (χ2v) is 5.32. The maximum absolute atomic E-state index is 9.69. The Kier molecular flexibility index (Phi) is 6.28. The quantitative estimate of drug-likeness (QED) is 0.665. The van der Waals surface area contributed by atoms with Crippen LogP contribution in [0.15, 0.2) is 24.3 Å². The highest BCUT2D eigenvalue weighted by atomic mass is 16.5. The normalized spacial score (nSPS) is 15.8. The molecule has 0 amide bonds. The highest BCUT2D eigenvalue weighted by molar-refractivity contribution is 5.27. The van der Waals surface area contributed by atoms with Crippen molar-refractivity contribution < 1.29 is 14.9 Å². The zero-order chi connectivity index (χ0) is 14.3. The van der Waals surface area contributed by atoms with Crippen LogP contribution in [0.2, 0.25) is 0 Å². The fraction of sp³-hybridized carbons (Fsp3) is 0.600. The summed E-state index contributed by atoms with van der Waals surface area (Å²) in [7, 11) is 1.66. The molecule has 19 heavy (non-hydrogen) atoms. The summed E-state index contributed by atoms with van der Waals surface area (Å²) in [5, 5.41) is 21.9. The average Bonchev–Trinajstić information content (AvgIpc) is 2.43. The SMILES string of the molecule is COc1ccc(CCC(C)NCC(C)(O)CO)cc1. The fourth-order valence-corrected chi connectivity index (χ4v) is 1.73. The number of hydrogen-bond acceptors (Lipinski definition) is 4. The van der Waals surface area contributed by atoms with Gasteiger partial charge in [0.1, 0.15) is 5.75 Å². The third-order valence-electron chi connectivity index (χ3n) is 3.20. The van der Waals surface area contributed by atoms with Gasteiger partial charge in [-0.25, -0.2) is 0 Å². The summed E-state index contributed by atoms with van der Waals surface area (Å²) in [4.78, 5) is 0. The van der Waals surface area contributed by atoms with Crippen molar-refractivity contribution >= 4 is 0 Å². The Balaban J connectivity index is 2.31. The van der Waals surface area contributed by atoms with Crippen LogP contribution in [-0.2, 0) is 6.42 Å². The van der Waals surface area contributed by atoms with Gasteiger partial charge in [-0.1, -0.05) is 12.1 Å². The van der Waals surface area contributed by atoms with E-state index in [1.165, 1.54) is 5.56 Å². The van der Waals surface area contributed by atoms with Crippen molar-refractivity contribution in [2.24, 2.45) is 0 Å². The molecule has 4 nitrogen and oxygen atoms in total. The van der Waals surface area contributed by atoms with Crippen LogP contribution in [-0.4, -0.2) is 42.1 Å². The van der Waals surface area contributed by atoms with E-state index in [2.05, 4.69) is 24.4 Å². The maximum atomic E-state index is 9.69. The molecule has 0 aliphatic heterocycles. The summed E-state index contributed by atoms with van der Waals surface area (Å²) in [6, 6.07) is 8.35. The van der Waals surface area contributed by atoms with Crippen molar-refractivity contribution in [2.45, 2.75) is 38.3 Å². The molecule has 4 heteroatoms. The minimum absolute atomic E-state index is 0.231. The highest BCUT2D eigenvalue weighted by Gasteiger charge is 2.19. The molecule has 1 rings (SSSR count). The largest absolute Gasteiger partial charge is 0.497 e. The predicted molar refractivity (Wildman–Crippen MR) is 76.5 cm³/mol. The van der Waals surface area contributed by atoms with E-state index < -0.39 is 5.60 Å². The first kappa shape index (κ1) is 16.0. The maximum Gasteiger partial charge on any atom is 0.118 e. The number of aliphatic hydroxyl groups excluding tert-OH is 1. The van der Waals surface area contributed by atoms with Gasteiger partial charge in [0.2, 0.25) is 0 Å². The van der Waals surface area contributed by atoms with Gasteiger partial charge in [0.05, 0.1) is 19.3 Å². The summed E-state index contributed by atoms with van der Waals surface area (Å²) in [5.41, 5.74) is 0.220. The smallest absolute Gasteiger partial charge is 0.118 e. The zero-order valence-corrected chi connectivity index (χ0v) is 12.0. The Labute approximate surface area is 115 Å². The molecule has 0 bridgehead atoms. The van der Waals surface area contributed by atoms with Gasteiger partial charge in [0.15, 0.2) is 0 Å². The number of nitrogens with one attached hydrogen (secondary N) is 1. The highest BCUT2D eigenvalue weighted by Crippen LogP contribution is 2.13. The first-order chi connectivity index (χ1) is 8.96. The van der Waals surface area contributed by atoms with Crippen LogP contribution in [0.3, 0.4) is 0 Å². The number of benzene rings is 1. The van der Waals surface area contributed by atoms with Crippen molar-refractivity contribution in [1.29, 1.82) is 0 Å². The molecule has 108 valence electrons. The molecule has 3 N–H and O–H groups in total. The van der Waals surface area contributed by atoms with Crippen molar-refractivity contribution in [2.75, 3.05) is 20.3 Å². The van der Waals surface area contributed by atoms with E-state index in [1.807, 2.05) is 12.1 Å². The van der Waals surface area contributed by atoms with Gasteiger partial charge in [0, 0.05) is 12.6 Å². The number of rotatable bonds is 8. The molecule has 0 aromatic heterocycles. The molecule has 2 unspecified atom stereocenters. The molecular weight excluding hydrogens is 242 g/mol. The molecule has 0 saturated carbocycles. The van der Waals surface area contributed by atoms with E-state index in [9.17, 15) is 5.11 Å². The first-order valence-corrected chi connectivity index (χ1v) is 6.66. The van der Waals surface area contributed by atoms with Gasteiger partial charge < -0.3 is 20.3 Å². The fourth-order valence-electron chi connectivity index (χ4n) is 1.73. The summed E-state index contributed by atoms with van der Waals surface area (Å²) in [5.74, 6) is 0.869. The van der Waals surface area contributed by atoms with Crippen molar-refractivity contribution in [1.82, 2.24) is 5.32 Å². The Morgan fingerprint density at radius 3 is 2.47 bits per heavy atom.